The van der Waals surface area contributed by atoms with E-state index in [1.54, 1.807) is 6.07 Å². The highest BCUT2D eigenvalue weighted by atomic mass is 16.6. The number of furan rings is 1. The molecule has 1 aliphatic heterocycles. The summed E-state index contributed by atoms with van der Waals surface area (Å²) in [7, 11) is 0. The number of fused-ring (bicyclic) bond motifs is 3. The maximum Gasteiger partial charge on any atom is 0.302 e. The quantitative estimate of drug-likeness (QED) is 0.340. The maximum absolute atomic E-state index is 12.9. The molecule has 0 bridgehead atoms. The Morgan fingerprint density at radius 3 is 2.78 bits per heavy atom. The average Bonchev–Trinajstić information content (AvgIpc) is 3.22. The van der Waals surface area contributed by atoms with E-state index in [1.165, 1.54) is 19.5 Å². The van der Waals surface area contributed by atoms with E-state index in [0.29, 0.717) is 12.0 Å². The van der Waals surface area contributed by atoms with Gasteiger partial charge in [0.05, 0.1) is 24.0 Å². The van der Waals surface area contributed by atoms with Crippen LogP contribution in [0.15, 0.2) is 23.0 Å². The largest absolute Gasteiger partial charge is 0.472 e. The van der Waals surface area contributed by atoms with Gasteiger partial charge < -0.3 is 18.7 Å². The van der Waals surface area contributed by atoms with Crippen molar-refractivity contribution in [3.05, 3.63) is 24.2 Å². The molecule has 6 nitrogen and oxygen atoms in total. The van der Waals surface area contributed by atoms with E-state index in [9.17, 15) is 14.4 Å². The summed E-state index contributed by atoms with van der Waals surface area (Å²) in [5.74, 6) is -0.710. The number of hydrogen-bond donors (Lipinski definition) is 0. The van der Waals surface area contributed by atoms with Crippen molar-refractivity contribution < 1.29 is 28.3 Å². The summed E-state index contributed by atoms with van der Waals surface area (Å²) in [5, 5.41) is 0. The van der Waals surface area contributed by atoms with Crippen molar-refractivity contribution in [2.45, 2.75) is 64.8 Å². The molecule has 3 aliphatic rings. The summed E-state index contributed by atoms with van der Waals surface area (Å²) >= 11 is 0. The molecule has 0 N–H and O–H groups in total. The Labute approximate surface area is 158 Å². The van der Waals surface area contributed by atoms with E-state index < -0.39 is 11.5 Å². The summed E-state index contributed by atoms with van der Waals surface area (Å²) in [6.45, 7) is 5.45. The van der Waals surface area contributed by atoms with Gasteiger partial charge in [-0.1, -0.05) is 13.8 Å². The van der Waals surface area contributed by atoms with Gasteiger partial charge in [0.2, 0.25) is 0 Å². The Bertz CT molecular complexity index is 755. The second kappa shape index (κ2) is 6.30. The standard InChI is InChI=1S/C21H26O6/c1-12-17(26-13(2)23)9-20(3)18(5-4-16-19(20)27-16)21(12,11-22)8-15(24)14-6-7-25-10-14/h6-7,10-12,16-19H,4-5,8-9H2,1-3H3/t12-,16-,17-,18+,19-,20-,21-/m1/s1. The van der Waals surface area contributed by atoms with Gasteiger partial charge in [-0.25, -0.2) is 0 Å². The molecule has 0 amide bonds. The van der Waals surface area contributed by atoms with Crippen molar-refractivity contribution in [2.24, 2.45) is 22.7 Å². The zero-order valence-electron chi connectivity index (χ0n) is 16.0. The van der Waals surface area contributed by atoms with Gasteiger partial charge >= 0.3 is 5.97 Å². The molecule has 6 heteroatoms. The molecule has 0 spiro atoms. The number of ketones is 1. The van der Waals surface area contributed by atoms with E-state index in [0.717, 1.165) is 19.1 Å². The predicted octanol–water partition coefficient (Wildman–Crippen LogP) is 3.19. The van der Waals surface area contributed by atoms with Crippen molar-refractivity contribution >= 4 is 18.0 Å². The maximum atomic E-state index is 12.9. The Morgan fingerprint density at radius 2 is 2.15 bits per heavy atom. The fraction of sp³-hybridized carbons (Fsp3) is 0.667. The molecule has 2 saturated carbocycles. The zero-order valence-corrected chi connectivity index (χ0v) is 16.0. The smallest absolute Gasteiger partial charge is 0.302 e. The van der Waals surface area contributed by atoms with Gasteiger partial charge in [-0.3, -0.25) is 9.59 Å². The molecule has 4 rings (SSSR count). The van der Waals surface area contributed by atoms with E-state index >= 15 is 0 Å². The summed E-state index contributed by atoms with van der Waals surface area (Å²) in [5.41, 5.74) is -0.706. The van der Waals surface area contributed by atoms with Gasteiger partial charge in [0.25, 0.3) is 0 Å². The van der Waals surface area contributed by atoms with Crippen molar-refractivity contribution in [2.75, 3.05) is 0 Å². The molecule has 3 fully saturated rings. The van der Waals surface area contributed by atoms with Gasteiger partial charge in [0.1, 0.15) is 18.7 Å². The predicted molar refractivity (Wildman–Crippen MR) is 95.0 cm³/mol. The molecule has 1 aromatic heterocycles. The van der Waals surface area contributed by atoms with E-state index in [2.05, 4.69) is 6.92 Å². The van der Waals surface area contributed by atoms with Gasteiger partial charge in [0.15, 0.2) is 5.78 Å². The molecule has 0 unspecified atom stereocenters. The lowest BCUT2D eigenvalue weighted by Crippen LogP contribution is -2.60. The number of esters is 1. The summed E-state index contributed by atoms with van der Waals surface area (Å²) in [6, 6.07) is 1.62. The second-order valence-corrected chi connectivity index (χ2v) is 8.71. The topological polar surface area (TPSA) is 86.1 Å². The molecule has 27 heavy (non-hydrogen) atoms. The van der Waals surface area contributed by atoms with Crippen LogP contribution in [0, 0.1) is 22.7 Å². The van der Waals surface area contributed by atoms with Gasteiger partial charge in [-0.2, -0.15) is 0 Å². The molecule has 2 heterocycles. The third-order valence-corrected chi connectivity index (χ3v) is 7.31. The van der Waals surface area contributed by atoms with Gasteiger partial charge in [-0.05, 0) is 31.2 Å². The molecule has 0 aromatic carbocycles. The normalized spacial score (nSPS) is 42.6. The highest BCUT2D eigenvalue weighted by molar-refractivity contribution is 5.97. The van der Waals surface area contributed by atoms with Crippen LogP contribution in [0.4, 0.5) is 0 Å². The number of aldehydes is 1. The lowest BCUT2D eigenvalue weighted by Gasteiger charge is -2.57. The van der Waals surface area contributed by atoms with E-state index in [4.69, 9.17) is 13.9 Å². The fourth-order valence-electron chi connectivity index (χ4n) is 5.89. The molecular formula is C21H26O6. The highest BCUT2D eigenvalue weighted by Crippen LogP contribution is 2.65. The third kappa shape index (κ3) is 2.76. The van der Waals surface area contributed by atoms with Crippen molar-refractivity contribution in [3.8, 4) is 0 Å². The van der Waals surface area contributed by atoms with Crippen LogP contribution in [0.2, 0.25) is 0 Å². The zero-order chi connectivity index (χ0) is 19.4. The minimum absolute atomic E-state index is 0.0175. The number of Topliss-reactive ketones (excluding diaryl/α,β-unsaturated/α-hetero) is 1. The molecule has 2 aliphatic carbocycles. The SMILES string of the molecule is CC(=O)O[C@@H]1C[C@@]2(C)[C@@H]3O[C@@H]3CC[C@@H]2[C@@](C=O)(CC(=O)c2ccoc2)[C@@H]1C. The van der Waals surface area contributed by atoms with Gasteiger partial charge in [0, 0.05) is 30.1 Å². The molecule has 7 atom stereocenters. The Balaban J connectivity index is 1.74. The molecule has 146 valence electrons. The van der Waals surface area contributed by atoms with Crippen LogP contribution in [-0.2, 0) is 19.1 Å². The summed E-state index contributed by atoms with van der Waals surface area (Å²) in [6.07, 6.45) is 6.22. The van der Waals surface area contributed by atoms with Crippen LogP contribution >= 0.6 is 0 Å². The number of epoxide rings is 1. The monoisotopic (exact) mass is 374 g/mol. The molecule has 1 saturated heterocycles. The van der Waals surface area contributed by atoms with Crippen LogP contribution in [0.3, 0.4) is 0 Å². The number of ether oxygens (including phenoxy) is 2. The van der Waals surface area contributed by atoms with Crippen LogP contribution < -0.4 is 0 Å². The Kier molecular flexibility index (Phi) is 4.29. The Hall–Kier alpha value is -1.95. The number of rotatable bonds is 5. The van der Waals surface area contributed by atoms with Crippen LogP contribution in [0.25, 0.3) is 0 Å². The molecular weight excluding hydrogens is 348 g/mol. The lowest BCUT2D eigenvalue weighted by atomic mass is 9.46. The summed E-state index contributed by atoms with van der Waals surface area (Å²) < 4.78 is 16.6. The lowest BCUT2D eigenvalue weighted by molar-refractivity contribution is -0.178. The first-order valence-electron chi connectivity index (χ1n) is 9.66. The van der Waals surface area contributed by atoms with Gasteiger partial charge in [-0.15, -0.1) is 0 Å². The first kappa shape index (κ1) is 18.4. The van der Waals surface area contributed by atoms with Crippen molar-refractivity contribution in [3.63, 3.8) is 0 Å². The van der Waals surface area contributed by atoms with Crippen LogP contribution in [-0.4, -0.2) is 36.4 Å². The van der Waals surface area contributed by atoms with Crippen molar-refractivity contribution in [1.29, 1.82) is 0 Å². The number of hydrogen-bond acceptors (Lipinski definition) is 6. The average molecular weight is 374 g/mol. The molecule has 0 radical (unpaired) electrons. The first-order valence-corrected chi connectivity index (χ1v) is 9.66. The second-order valence-electron chi connectivity index (χ2n) is 8.71. The first-order chi connectivity index (χ1) is 12.8. The fourth-order valence-corrected chi connectivity index (χ4v) is 5.89. The minimum Gasteiger partial charge on any atom is -0.472 e. The number of carbonyl (C=O) groups is 3. The van der Waals surface area contributed by atoms with E-state index in [1.807, 2.05) is 6.92 Å². The van der Waals surface area contributed by atoms with Crippen LogP contribution in [0.1, 0.15) is 56.8 Å². The Morgan fingerprint density at radius 1 is 1.37 bits per heavy atom. The minimum atomic E-state index is -0.890. The summed E-state index contributed by atoms with van der Waals surface area (Å²) in [4.78, 5) is 37.2. The van der Waals surface area contributed by atoms with E-state index in [-0.39, 0.29) is 47.6 Å². The van der Waals surface area contributed by atoms with Crippen molar-refractivity contribution in [1.82, 2.24) is 0 Å². The third-order valence-electron chi connectivity index (χ3n) is 7.31. The van der Waals surface area contributed by atoms with Crippen LogP contribution in [0.5, 0.6) is 0 Å². The molecule has 1 aromatic rings. The highest BCUT2D eigenvalue weighted by Gasteiger charge is 2.68. The number of carbonyl (C=O) groups excluding carboxylic acids is 3.